The second kappa shape index (κ2) is 8.23. The molecule has 0 radical (unpaired) electrons. The average molecular weight is 432 g/mol. The monoisotopic (exact) mass is 431 g/mol. The fraction of sp³-hybridized carbons (Fsp3) is 0.500. The number of fused-ring (bicyclic) bond motifs is 1. The van der Waals surface area contributed by atoms with E-state index in [-0.39, 0.29) is 11.3 Å². The van der Waals surface area contributed by atoms with Crippen LogP contribution in [0, 0.1) is 5.41 Å². The summed E-state index contributed by atoms with van der Waals surface area (Å²) in [6, 6.07) is 2.03. The number of hydrogen-bond acceptors (Lipinski definition) is 8. The molecule has 2 aromatic heterocycles. The van der Waals surface area contributed by atoms with E-state index in [1.165, 1.54) is 6.20 Å². The van der Waals surface area contributed by atoms with Crippen LogP contribution in [0.5, 0.6) is 5.88 Å². The fourth-order valence-corrected chi connectivity index (χ4v) is 3.82. The molecule has 1 aliphatic heterocycles. The van der Waals surface area contributed by atoms with Crippen LogP contribution in [0.4, 0.5) is 17.5 Å². The number of pyridine rings is 1. The first kappa shape index (κ1) is 20.6. The number of nitrogens with one attached hydrogen (secondary N) is 3. The number of carbonyl (C=O) groups excluding carboxylic acids is 1. The summed E-state index contributed by atoms with van der Waals surface area (Å²) in [6.07, 6.45) is 4.12. The number of halogens is 1. The van der Waals surface area contributed by atoms with E-state index in [1.54, 1.807) is 14.2 Å². The number of nitrogens with zero attached hydrogens (tertiary/aromatic N) is 4. The molecule has 0 saturated heterocycles. The summed E-state index contributed by atoms with van der Waals surface area (Å²) in [5.41, 5.74) is 2.53. The van der Waals surface area contributed by atoms with Crippen molar-refractivity contribution in [2.45, 2.75) is 25.8 Å². The minimum Gasteiger partial charge on any atom is -0.480 e. The number of rotatable bonds is 7. The first-order chi connectivity index (χ1) is 14.4. The molecule has 3 heterocycles. The van der Waals surface area contributed by atoms with Crippen LogP contribution in [-0.4, -0.2) is 60.1 Å². The van der Waals surface area contributed by atoms with E-state index in [2.05, 4.69) is 42.8 Å². The van der Waals surface area contributed by atoms with Gasteiger partial charge in [-0.2, -0.15) is 4.98 Å². The molecule has 0 bridgehead atoms. The quantitative estimate of drug-likeness (QED) is 0.613. The van der Waals surface area contributed by atoms with Gasteiger partial charge in [0.15, 0.2) is 5.82 Å². The summed E-state index contributed by atoms with van der Waals surface area (Å²) < 4.78 is 5.47. The Morgan fingerprint density at radius 3 is 2.87 bits per heavy atom. The lowest BCUT2D eigenvalue weighted by Gasteiger charge is -2.25. The average Bonchev–Trinajstić information content (AvgIpc) is 3.54. The molecule has 10 heteroatoms. The normalized spacial score (nSPS) is 17.1. The van der Waals surface area contributed by atoms with Gasteiger partial charge in [-0.25, -0.2) is 9.97 Å². The van der Waals surface area contributed by atoms with Crippen LogP contribution in [0.3, 0.4) is 0 Å². The van der Waals surface area contributed by atoms with Crippen LogP contribution in [0.15, 0.2) is 12.3 Å². The summed E-state index contributed by atoms with van der Waals surface area (Å²) in [7, 11) is 5.34. The topological polar surface area (TPSA) is 104 Å². The Hall–Kier alpha value is -2.65. The highest BCUT2D eigenvalue weighted by Gasteiger charge is 2.49. The molecular formula is C20H26ClN7O2. The minimum absolute atomic E-state index is 0.0355. The van der Waals surface area contributed by atoms with Gasteiger partial charge in [0.2, 0.25) is 17.7 Å². The molecule has 1 amide bonds. The van der Waals surface area contributed by atoms with E-state index in [0.717, 1.165) is 43.6 Å². The van der Waals surface area contributed by atoms with E-state index in [4.69, 9.17) is 16.3 Å². The van der Waals surface area contributed by atoms with Crippen LogP contribution < -0.4 is 20.7 Å². The molecule has 1 saturated carbocycles. The fourth-order valence-electron chi connectivity index (χ4n) is 3.66. The number of ether oxygens (including phenoxy) is 1. The van der Waals surface area contributed by atoms with Gasteiger partial charge in [0, 0.05) is 33.1 Å². The van der Waals surface area contributed by atoms with Crippen molar-refractivity contribution in [1.29, 1.82) is 0 Å². The van der Waals surface area contributed by atoms with E-state index in [9.17, 15) is 4.79 Å². The number of likely N-dealkylation sites (N-methyl/N-ethyl adjacent to an activating group) is 1. The van der Waals surface area contributed by atoms with E-state index in [0.29, 0.717) is 34.9 Å². The molecule has 3 N–H and O–H groups in total. The molecule has 2 aromatic rings. The lowest BCUT2D eigenvalue weighted by Crippen LogP contribution is -2.34. The Bertz CT molecular complexity index is 964. The molecule has 4 rings (SSSR count). The highest BCUT2D eigenvalue weighted by Crippen LogP contribution is 2.46. The number of hydrogen-bond donors (Lipinski definition) is 3. The summed E-state index contributed by atoms with van der Waals surface area (Å²) in [5, 5.41) is 9.52. The maximum absolute atomic E-state index is 12.1. The van der Waals surface area contributed by atoms with Gasteiger partial charge in [0.05, 0.1) is 24.4 Å². The van der Waals surface area contributed by atoms with Gasteiger partial charge in [-0.1, -0.05) is 11.6 Å². The third-order valence-corrected chi connectivity index (χ3v) is 5.94. The molecule has 1 fully saturated rings. The van der Waals surface area contributed by atoms with Crippen LogP contribution in [-0.2, 0) is 17.8 Å². The molecule has 160 valence electrons. The Labute approximate surface area is 180 Å². The van der Waals surface area contributed by atoms with Gasteiger partial charge >= 0.3 is 0 Å². The molecular weight excluding hydrogens is 406 g/mol. The van der Waals surface area contributed by atoms with Gasteiger partial charge in [-0.05, 0) is 31.5 Å². The zero-order valence-corrected chi connectivity index (χ0v) is 18.1. The third-order valence-electron chi connectivity index (χ3n) is 5.67. The number of amides is 1. The molecule has 0 unspecified atom stereocenters. The molecule has 0 aromatic carbocycles. The van der Waals surface area contributed by atoms with Crippen molar-refractivity contribution in [2.75, 3.05) is 44.9 Å². The van der Waals surface area contributed by atoms with Crippen molar-refractivity contribution in [3.63, 3.8) is 0 Å². The van der Waals surface area contributed by atoms with Crippen LogP contribution in [0.1, 0.15) is 24.1 Å². The summed E-state index contributed by atoms with van der Waals surface area (Å²) in [5.74, 6) is 1.39. The van der Waals surface area contributed by atoms with Crippen LogP contribution in [0.2, 0.25) is 5.02 Å². The zero-order valence-electron chi connectivity index (χ0n) is 17.4. The summed E-state index contributed by atoms with van der Waals surface area (Å²) in [4.78, 5) is 27.8. The van der Waals surface area contributed by atoms with Gasteiger partial charge < -0.3 is 25.6 Å². The Kier molecular flexibility index (Phi) is 5.66. The van der Waals surface area contributed by atoms with E-state index in [1.807, 2.05) is 6.07 Å². The van der Waals surface area contributed by atoms with Crippen molar-refractivity contribution in [2.24, 2.45) is 5.41 Å². The lowest BCUT2D eigenvalue weighted by molar-refractivity contribution is -0.125. The zero-order chi connectivity index (χ0) is 21.3. The summed E-state index contributed by atoms with van der Waals surface area (Å²) in [6.45, 7) is 2.28. The molecule has 1 aliphatic carbocycles. The van der Waals surface area contributed by atoms with Crippen LogP contribution >= 0.6 is 11.6 Å². The van der Waals surface area contributed by atoms with E-state index >= 15 is 0 Å². The van der Waals surface area contributed by atoms with Gasteiger partial charge in [0.25, 0.3) is 0 Å². The SMILES string of the molecule is CNC(=O)C1(CNc2nc(Nc3cc4c(nc3OC)CCN(C)C4)ncc2Cl)CC1. The minimum atomic E-state index is -0.381. The Balaban J connectivity index is 1.53. The van der Waals surface area contributed by atoms with Crippen molar-refractivity contribution in [3.05, 3.63) is 28.5 Å². The summed E-state index contributed by atoms with van der Waals surface area (Å²) >= 11 is 6.27. The van der Waals surface area contributed by atoms with Gasteiger partial charge in [0.1, 0.15) is 10.7 Å². The van der Waals surface area contributed by atoms with Crippen molar-refractivity contribution < 1.29 is 9.53 Å². The second-order valence-electron chi connectivity index (χ2n) is 7.87. The largest absolute Gasteiger partial charge is 0.480 e. The molecule has 0 atom stereocenters. The van der Waals surface area contributed by atoms with Gasteiger partial charge in [-0.3, -0.25) is 4.79 Å². The highest BCUT2D eigenvalue weighted by molar-refractivity contribution is 6.32. The number of anilines is 3. The lowest BCUT2D eigenvalue weighted by atomic mass is 10.1. The molecule has 0 spiro atoms. The second-order valence-corrected chi connectivity index (χ2v) is 8.27. The number of carbonyl (C=O) groups is 1. The predicted octanol–water partition coefficient (Wildman–Crippen LogP) is 2.20. The molecule has 30 heavy (non-hydrogen) atoms. The highest BCUT2D eigenvalue weighted by atomic mass is 35.5. The third kappa shape index (κ3) is 4.13. The maximum atomic E-state index is 12.1. The standard InChI is InChI=1S/C20H26ClN7O2/c1-22-18(29)20(5-6-20)11-24-16-13(21)9-23-19(27-16)26-15-8-12-10-28(2)7-4-14(12)25-17(15)30-3/h8-9H,4-7,10-11H2,1-3H3,(H,22,29)(H2,23,24,26,27). The number of aromatic nitrogens is 3. The van der Waals surface area contributed by atoms with E-state index < -0.39 is 0 Å². The van der Waals surface area contributed by atoms with Crippen molar-refractivity contribution >= 4 is 35.0 Å². The smallest absolute Gasteiger partial charge is 0.237 e. The predicted molar refractivity (Wildman–Crippen MR) is 115 cm³/mol. The Morgan fingerprint density at radius 1 is 1.37 bits per heavy atom. The van der Waals surface area contributed by atoms with Crippen molar-refractivity contribution in [1.82, 2.24) is 25.2 Å². The first-order valence-corrected chi connectivity index (χ1v) is 10.3. The molecule has 9 nitrogen and oxygen atoms in total. The Morgan fingerprint density at radius 2 is 2.17 bits per heavy atom. The van der Waals surface area contributed by atoms with Crippen molar-refractivity contribution in [3.8, 4) is 5.88 Å². The first-order valence-electron chi connectivity index (χ1n) is 9.95. The maximum Gasteiger partial charge on any atom is 0.237 e. The molecule has 2 aliphatic rings. The van der Waals surface area contributed by atoms with Gasteiger partial charge in [-0.15, -0.1) is 0 Å². The van der Waals surface area contributed by atoms with Crippen LogP contribution in [0.25, 0.3) is 0 Å². The number of methoxy groups -OCH3 is 1.